The number of aromatic hydroxyl groups is 1. The molecule has 66 valence electrons. The van der Waals surface area contributed by atoms with E-state index in [4.69, 9.17) is 5.11 Å². The topological polar surface area (TPSA) is 92.0 Å². The molecule has 0 aliphatic heterocycles. The van der Waals surface area contributed by atoms with Gasteiger partial charge in [0.15, 0.2) is 5.52 Å². The first kappa shape index (κ1) is 7.53. The SMILES string of the molecule is O=[N+]([O-])c1c[nH]c2cc(O)cnc12. The molecule has 0 bridgehead atoms. The standard InChI is InChI=1S/C7H5N3O3/c11-4-1-5-7(9-2-4)6(3-8-5)10(12)13/h1-3,8,11H. The number of nitro groups is 1. The van der Waals surface area contributed by atoms with Crippen molar-refractivity contribution in [1.29, 1.82) is 0 Å². The minimum Gasteiger partial charge on any atom is -0.506 e. The molecule has 2 rings (SSSR count). The first-order chi connectivity index (χ1) is 6.18. The number of aromatic nitrogens is 2. The molecule has 0 aromatic carbocycles. The Balaban J connectivity index is 2.76. The van der Waals surface area contributed by atoms with Crippen LogP contribution in [0.1, 0.15) is 0 Å². The van der Waals surface area contributed by atoms with Crippen molar-refractivity contribution in [1.82, 2.24) is 9.97 Å². The van der Waals surface area contributed by atoms with E-state index < -0.39 is 4.92 Å². The monoisotopic (exact) mass is 179 g/mol. The Morgan fingerprint density at radius 3 is 3.08 bits per heavy atom. The first-order valence-electron chi connectivity index (χ1n) is 3.49. The maximum Gasteiger partial charge on any atom is 0.312 e. The molecule has 0 amide bonds. The van der Waals surface area contributed by atoms with Gasteiger partial charge in [0.25, 0.3) is 0 Å². The first-order valence-corrected chi connectivity index (χ1v) is 3.49. The normalized spacial score (nSPS) is 10.5. The lowest BCUT2D eigenvalue weighted by molar-refractivity contribution is -0.383. The van der Waals surface area contributed by atoms with E-state index in [9.17, 15) is 10.1 Å². The number of nitrogens with zero attached hydrogens (tertiary/aromatic N) is 2. The van der Waals surface area contributed by atoms with E-state index in [1.807, 2.05) is 0 Å². The molecule has 0 radical (unpaired) electrons. The van der Waals surface area contributed by atoms with Crippen molar-refractivity contribution in [3.05, 3.63) is 28.6 Å². The molecule has 0 saturated carbocycles. The van der Waals surface area contributed by atoms with Crippen LogP contribution in [0.4, 0.5) is 5.69 Å². The average molecular weight is 179 g/mol. The van der Waals surface area contributed by atoms with Gasteiger partial charge in [0.05, 0.1) is 22.8 Å². The molecular formula is C7H5N3O3. The van der Waals surface area contributed by atoms with Crippen LogP contribution in [0.5, 0.6) is 5.75 Å². The molecule has 2 N–H and O–H groups in total. The van der Waals surface area contributed by atoms with Crippen LogP contribution in [0, 0.1) is 10.1 Å². The van der Waals surface area contributed by atoms with Crippen LogP contribution in [0.15, 0.2) is 18.5 Å². The maximum absolute atomic E-state index is 10.4. The fourth-order valence-corrected chi connectivity index (χ4v) is 1.12. The Kier molecular flexibility index (Phi) is 1.42. The molecule has 0 aliphatic rings. The predicted octanol–water partition coefficient (Wildman–Crippen LogP) is 1.18. The number of hydrogen-bond donors (Lipinski definition) is 2. The van der Waals surface area contributed by atoms with Crippen LogP contribution in [0.25, 0.3) is 11.0 Å². The molecule has 0 aliphatic carbocycles. The molecule has 13 heavy (non-hydrogen) atoms. The van der Waals surface area contributed by atoms with Gasteiger partial charge in [-0.15, -0.1) is 0 Å². The van der Waals surface area contributed by atoms with Crippen LogP contribution in [0.2, 0.25) is 0 Å². The summed E-state index contributed by atoms with van der Waals surface area (Å²) in [7, 11) is 0. The van der Waals surface area contributed by atoms with Crippen molar-refractivity contribution in [3.8, 4) is 5.75 Å². The van der Waals surface area contributed by atoms with Crippen LogP contribution < -0.4 is 0 Å². The van der Waals surface area contributed by atoms with Crippen LogP contribution in [-0.4, -0.2) is 20.0 Å². The van der Waals surface area contributed by atoms with Gasteiger partial charge in [-0.1, -0.05) is 0 Å². The predicted molar refractivity (Wildman–Crippen MR) is 44.4 cm³/mol. The molecule has 0 atom stereocenters. The van der Waals surface area contributed by atoms with E-state index in [0.717, 1.165) is 0 Å². The molecule has 0 saturated heterocycles. The Labute approximate surface area is 72.0 Å². The van der Waals surface area contributed by atoms with Crippen molar-refractivity contribution in [3.63, 3.8) is 0 Å². The summed E-state index contributed by atoms with van der Waals surface area (Å²) in [6, 6.07) is 1.38. The average Bonchev–Trinajstić information content (AvgIpc) is 2.46. The summed E-state index contributed by atoms with van der Waals surface area (Å²) >= 11 is 0. The Hall–Kier alpha value is -2.11. The summed E-state index contributed by atoms with van der Waals surface area (Å²) < 4.78 is 0. The Morgan fingerprint density at radius 1 is 1.62 bits per heavy atom. The van der Waals surface area contributed by atoms with Crippen LogP contribution in [0.3, 0.4) is 0 Å². The minimum atomic E-state index is -0.525. The molecule has 2 aromatic rings. The van der Waals surface area contributed by atoms with Gasteiger partial charge in [-0.2, -0.15) is 0 Å². The fraction of sp³-hybridized carbons (Fsp3) is 0. The van der Waals surface area contributed by atoms with Crippen molar-refractivity contribution in [2.45, 2.75) is 0 Å². The number of fused-ring (bicyclic) bond motifs is 1. The summed E-state index contributed by atoms with van der Waals surface area (Å²) in [6.45, 7) is 0. The molecule has 6 nitrogen and oxygen atoms in total. The number of hydrogen-bond acceptors (Lipinski definition) is 4. The van der Waals surface area contributed by atoms with E-state index in [2.05, 4.69) is 9.97 Å². The van der Waals surface area contributed by atoms with Crippen molar-refractivity contribution in [2.24, 2.45) is 0 Å². The second-order valence-electron chi connectivity index (χ2n) is 2.52. The summed E-state index contributed by atoms with van der Waals surface area (Å²) in [5, 5.41) is 19.5. The number of pyridine rings is 1. The number of rotatable bonds is 1. The van der Waals surface area contributed by atoms with Crippen LogP contribution in [-0.2, 0) is 0 Å². The fourth-order valence-electron chi connectivity index (χ4n) is 1.12. The molecule has 0 fully saturated rings. The summed E-state index contributed by atoms with van der Waals surface area (Å²) in [5.41, 5.74) is 0.615. The largest absolute Gasteiger partial charge is 0.506 e. The zero-order chi connectivity index (χ0) is 9.42. The number of aromatic amines is 1. The highest BCUT2D eigenvalue weighted by Gasteiger charge is 2.14. The lowest BCUT2D eigenvalue weighted by Gasteiger charge is -1.90. The molecular weight excluding hydrogens is 174 g/mol. The second-order valence-corrected chi connectivity index (χ2v) is 2.52. The second kappa shape index (κ2) is 2.44. The molecule has 2 aromatic heterocycles. The van der Waals surface area contributed by atoms with Gasteiger partial charge in [0.2, 0.25) is 0 Å². The van der Waals surface area contributed by atoms with E-state index in [0.29, 0.717) is 5.52 Å². The zero-order valence-corrected chi connectivity index (χ0v) is 6.39. The highest BCUT2D eigenvalue weighted by molar-refractivity contribution is 5.85. The Morgan fingerprint density at radius 2 is 2.38 bits per heavy atom. The van der Waals surface area contributed by atoms with Crippen LogP contribution >= 0.6 is 0 Å². The zero-order valence-electron chi connectivity index (χ0n) is 6.39. The smallest absolute Gasteiger partial charge is 0.312 e. The Bertz CT molecular complexity index is 477. The maximum atomic E-state index is 10.4. The van der Waals surface area contributed by atoms with Crippen molar-refractivity contribution < 1.29 is 10.0 Å². The van der Waals surface area contributed by atoms with Gasteiger partial charge in [0.1, 0.15) is 5.75 Å². The highest BCUT2D eigenvalue weighted by atomic mass is 16.6. The third kappa shape index (κ3) is 1.08. The van der Waals surface area contributed by atoms with Gasteiger partial charge >= 0.3 is 5.69 Å². The van der Waals surface area contributed by atoms with Gasteiger partial charge in [-0.25, -0.2) is 4.98 Å². The van der Waals surface area contributed by atoms with Gasteiger partial charge < -0.3 is 10.1 Å². The number of nitrogens with one attached hydrogen (secondary N) is 1. The lowest BCUT2D eigenvalue weighted by Crippen LogP contribution is -1.86. The molecule has 0 unspecified atom stereocenters. The van der Waals surface area contributed by atoms with Gasteiger partial charge in [-0.05, 0) is 0 Å². The van der Waals surface area contributed by atoms with E-state index >= 15 is 0 Å². The highest BCUT2D eigenvalue weighted by Crippen LogP contribution is 2.24. The molecule has 0 spiro atoms. The third-order valence-electron chi connectivity index (χ3n) is 1.68. The lowest BCUT2D eigenvalue weighted by atomic mass is 10.3. The van der Waals surface area contributed by atoms with Gasteiger partial charge in [-0.3, -0.25) is 10.1 Å². The van der Waals surface area contributed by atoms with E-state index in [1.165, 1.54) is 18.5 Å². The third-order valence-corrected chi connectivity index (χ3v) is 1.68. The summed E-state index contributed by atoms with van der Waals surface area (Å²) in [5.74, 6) is -0.0238. The van der Waals surface area contributed by atoms with E-state index in [-0.39, 0.29) is 17.0 Å². The molecule has 6 heteroatoms. The summed E-state index contributed by atoms with van der Waals surface area (Å²) in [6.07, 6.45) is 2.42. The van der Waals surface area contributed by atoms with Gasteiger partial charge in [0, 0.05) is 6.07 Å². The van der Waals surface area contributed by atoms with Crippen molar-refractivity contribution in [2.75, 3.05) is 0 Å². The van der Waals surface area contributed by atoms with E-state index in [1.54, 1.807) is 0 Å². The quantitative estimate of drug-likeness (QED) is 0.507. The molecule has 2 heterocycles. The summed E-state index contributed by atoms with van der Waals surface area (Å²) in [4.78, 5) is 16.3. The minimum absolute atomic E-state index is 0.0238. The van der Waals surface area contributed by atoms with Crippen molar-refractivity contribution >= 4 is 16.7 Å². The number of H-pyrrole nitrogens is 1.